The summed E-state index contributed by atoms with van der Waals surface area (Å²) in [6.45, 7) is 4.18. The van der Waals surface area contributed by atoms with E-state index in [0.29, 0.717) is 11.5 Å². The molecule has 0 amide bonds. The van der Waals surface area contributed by atoms with Crippen molar-refractivity contribution in [2.75, 3.05) is 18.4 Å². The van der Waals surface area contributed by atoms with E-state index < -0.39 is 0 Å². The molecule has 0 atom stereocenters. The number of hydrogen-bond donors (Lipinski definition) is 2. The fraction of sp³-hybridized carbons (Fsp3) is 0.333. The molecule has 1 aliphatic heterocycles. The highest BCUT2D eigenvalue weighted by Gasteiger charge is 2.48. The number of nitrogens with one attached hydrogen (secondary N) is 2. The average molecular weight is 387 g/mol. The number of imidazole rings is 1. The Labute approximate surface area is 167 Å². The zero-order valence-corrected chi connectivity index (χ0v) is 16.1. The van der Waals surface area contributed by atoms with Crippen molar-refractivity contribution in [1.29, 1.82) is 0 Å². The molecule has 8 nitrogen and oxygen atoms in total. The monoisotopic (exact) mass is 387 g/mol. The Balaban J connectivity index is 1.31. The van der Waals surface area contributed by atoms with Gasteiger partial charge in [-0.25, -0.2) is 14.5 Å². The highest BCUT2D eigenvalue weighted by Crippen LogP contribution is 2.45. The summed E-state index contributed by atoms with van der Waals surface area (Å²) >= 11 is 0. The maximum atomic E-state index is 5.18. The summed E-state index contributed by atoms with van der Waals surface area (Å²) in [4.78, 5) is 9.32. The molecule has 0 bridgehead atoms. The lowest BCUT2D eigenvalue weighted by atomic mass is 9.62. The minimum Gasteiger partial charge on any atom is -0.367 e. The van der Waals surface area contributed by atoms with E-state index in [0.717, 1.165) is 53.0 Å². The molecule has 6 rings (SSSR count). The van der Waals surface area contributed by atoms with E-state index in [4.69, 9.17) is 14.6 Å². The Bertz CT molecular complexity index is 1200. The van der Waals surface area contributed by atoms with E-state index in [9.17, 15) is 0 Å². The van der Waals surface area contributed by atoms with Gasteiger partial charge < -0.3 is 15.2 Å². The number of rotatable bonds is 4. The Kier molecular flexibility index (Phi) is 3.52. The lowest BCUT2D eigenvalue weighted by Gasteiger charge is -2.54. The van der Waals surface area contributed by atoms with Crippen LogP contribution in [0.2, 0.25) is 0 Å². The molecule has 2 aliphatic rings. The van der Waals surface area contributed by atoms with Crippen molar-refractivity contribution in [3.05, 3.63) is 48.5 Å². The van der Waals surface area contributed by atoms with Crippen LogP contribution in [-0.2, 0) is 0 Å². The summed E-state index contributed by atoms with van der Waals surface area (Å²) in [6.07, 6.45) is 5.93. The number of anilines is 1. The van der Waals surface area contributed by atoms with Gasteiger partial charge in [-0.1, -0.05) is 11.2 Å². The van der Waals surface area contributed by atoms with E-state index in [-0.39, 0.29) is 0 Å². The number of fused-ring (bicyclic) bond motifs is 1. The van der Waals surface area contributed by atoms with Crippen molar-refractivity contribution in [2.24, 2.45) is 5.41 Å². The van der Waals surface area contributed by atoms with E-state index >= 15 is 0 Å². The van der Waals surface area contributed by atoms with Crippen LogP contribution in [-0.4, -0.2) is 43.9 Å². The third kappa shape index (κ3) is 2.71. The van der Waals surface area contributed by atoms with Crippen LogP contribution in [0.1, 0.15) is 18.6 Å². The summed E-state index contributed by atoms with van der Waals surface area (Å²) in [5.41, 5.74) is 4.67. The number of aryl methyl sites for hydroxylation is 1. The molecule has 5 heterocycles. The van der Waals surface area contributed by atoms with Gasteiger partial charge in [0.25, 0.3) is 0 Å². The summed E-state index contributed by atoms with van der Waals surface area (Å²) in [5, 5.41) is 15.6. The Morgan fingerprint density at radius 2 is 2.03 bits per heavy atom. The van der Waals surface area contributed by atoms with Gasteiger partial charge in [-0.15, -0.1) is 0 Å². The largest absolute Gasteiger partial charge is 0.367 e. The fourth-order valence-corrected chi connectivity index (χ4v) is 4.46. The highest BCUT2D eigenvalue weighted by atomic mass is 16.5. The van der Waals surface area contributed by atoms with Crippen molar-refractivity contribution in [3.8, 4) is 22.6 Å². The quantitative estimate of drug-likeness (QED) is 0.556. The Morgan fingerprint density at radius 1 is 1.14 bits per heavy atom. The maximum absolute atomic E-state index is 5.18. The predicted octanol–water partition coefficient (Wildman–Crippen LogP) is 2.92. The molecule has 2 N–H and O–H groups in total. The first kappa shape index (κ1) is 16.7. The van der Waals surface area contributed by atoms with Crippen molar-refractivity contribution in [1.82, 2.24) is 30.1 Å². The molecule has 8 heteroatoms. The van der Waals surface area contributed by atoms with E-state index in [1.54, 1.807) is 6.20 Å². The predicted molar refractivity (Wildman–Crippen MR) is 108 cm³/mol. The van der Waals surface area contributed by atoms with Crippen LogP contribution in [0.15, 0.2) is 47.2 Å². The first-order valence-electron chi connectivity index (χ1n) is 9.90. The zero-order valence-electron chi connectivity index (χ0n) is 16.1. The molecule has 0 aromatic carbocycles. The van der Waals surface area contributed by atoms with Crippen LogP contribution in [0.5, 0.6) is 0 Å². The fourth-order valence-electron chi connectivity index (χ4n) is 4.46. The topological polar surface area (TPSA) is 93.2 Å². The number of nitrogens with zero attached hydrogens (tertiary/aromatic N) is 5. The van der Waals surface area contributed by atoms with Gasteiger partial charge in [0.1, 0.15) is 17.3 Å². The molecule has 29 heavy (non-hydrogen) atoms. The molecule has 1 spiro atoms. The molecule has 0 radical (unpaired) electrons. The second kappa shape index (κ2) is 6.12. The van der Waals surface area contributed by atoms with Gasteiger partial charge in [-0.3, -0.25) is 0 Å². The zero-order chi connectivity index (χ0) is 19.4. The van der Waals surface area contributed by atoms with Gasteiger partial charge in [0, 0.05) is 19.1 Å². The SMILES string of the molecule is Cc1oncc1-c1ccc2ncc(-c3cccc(NC4CC5(CNC5)C4)n3)n2n1. The van der Waals surface area contributed by atoms with Crippen molar-refractivity contribution < 1.29 is 4.52 Å². The average Bonchev–Trinajstić information content (AvgIpc) is 3.28. The summed E-state index contributed by atoms with van der Waals surface area (Å²) in [6, 6.07) is 10.4. The molecule has 2 fully saturated rings. The van der Waals surface area contributed by atoms with Gasteiger partial charge in [0.2, 0.25) is 0 Å². The second-order valence-corrected chi connectivity index (χ2v) is 8.19. The standard InChI is InChI=1S/C21H21N7O/c1-13-15(9-24-29-13)16-5-6-20-23-10-18(28(20)27-16)17-3-2-4-19(26-17)25-14-7-21(8-14)11-22-12-21/h2-6,9-10,14,22H,7-8,11-12H2,1H3,(H,25,26). The third-order valence-electron chi connectivity index (χ3n) is 6.11. The highest BCUT2D eigenvalue weighted by molar-refractivity contribution is 5.65. The van der Waals surface area contributed by atoms with Crippen LogP contribution >= 0.6 is 0 Å². The first-order chi connectivity index (χ1) is 14.2. The lowest BCUT2D eigenvalue weighted by Crippen LogP contribution is -2.63. The Morgan fingerprint density at radius 3 is 2.79 bits per heavy atom. The Hall–Kier alpha value is -3.26. The van der Waals surface area contributed by atoms with Crippen LogP contribution < -0.4 is 10.6 Å². The van der Waals surface area contributed by atoms with Gasteiger partial charge in [0.15, 0.2) is 5.65 Å². The molecular formula is C21H21N7O. The molecule has 4 aromatic heterocycles. The van der Waals surface area contributed by atoms with Crippen LogP contribution in [0.3, 0.4) is 0 Å². The number of hydrogen-bond acceptors (Lipinski definition) is 7. The van der Waals surface area contributed by atoms with Gasteiger partial charge in [-0.05, 0) is 49.4 Å². The second-order valence-electron chi connectivity index (χ2n) is 8.19. The van der Waals surface area contributed by atoms with Crippen molar-refractivity contribution in [2.45, 2.75) is 25.8 Å². The normalized spacial score (nSPS) is 18.0. The minimum atomic E-state index is 0.503. The molecular weight excluding hydrogens is 366 g/mol. The number of pyridine rings is 1. The molecule has 1 saturated carbocycles. The van der Waals surface area contributed by atoms with Crippen molar-refractivity contribution in [3.63, 3.8) is 0 Å². The number of aromatic nitrogens is 5. The maximum Gasteiger partial charge on any atom is 0.154 e. The van der Waals surface area contributed by atoms with Crippen LogP contribution in [0, 0.1) is 12.3 Å². The molecule has 146 valence electrons. The van der Waals surface area contributed by atoms with E-state index in [1.165, 1.54) is 12.8 Å². The van der Waals surface area contributed by atoms with Gasteiger partial charge in [0.05, 0.1) is 29.3 Å². The molecule has 1 saturated heterocycles. The van der Waals surface area contributed by atoms with E-state index in [2.05, 4.69) is 20.8 Å². The van der Waals surface area contributed by atoms with Crippen LogP contribution in [0.4, 0.5) is 5.82 Å². The molecule has 4 aromatic rings. The smallest absolute Gasteiger partial charge is 0.154 e. The lowest BCUT2D eigenvalue weighted by molar-refractivity contribution is 0.0469. The van der Waals surface area contributed by atoms with Crippen LogP contribution in [0.25, 0.3) is 28.3 Å². The first-order valence-corrected chi connectivity index (χ1v) is 9.90. The minimum absolute atomic E-state index is 0.503. The van der Waals surface area contributed by atoms with Crippen molar-refractivity contribution >= 4 is 11.5 Å². The van der Waals surface area contributed by atoms with Gasteiger partial charge >= 0.3 is 0 Å². The van der Waals surface area contributed by atoms with Gasteiger partial charge in [-0.2, -0.15) is 5.10 Å². The molecule has 0 unspecified atom stereocenters. The summed E-state index contributed by atoms with van der Waals surface area (Å²) in [5.74, 6) is 1.64. The van der Waals surface area contributed by atoms with E-state index in [1.807, 2.05) is 48.0 Å². The summed E-state index contributed by atoms with van der Waals surface area (Å²) < 4.78 is 7.01. The molecule has 1 aliphatic carbocycles. The third-order valence-corrected chi connectivity index (χ3v) is 6.11. The summed E-state index contributed by atoms with van der Waals surface area (Å²) in [7, 11) is 0.